The summed E-state index contributed by atoms with van der Waals surface area (Å²) < 4.78 is 59.8. The van der Waals surface area contributed by atoms with Gasteiger partial charge in [-0.3, -0.25) is 9.48 Å². The molecule has 0 aliphatic carbocycles. The summed E-state index contributed by atoms with van der Waals surface area (Å²) in [5.74, 6) is -3.52. The minimum absolute atomic E-state index is 0.0297. The van der Waals surface area contributed by atoms with Crippen LogP contribution in [0.5, 0.6) is 0 Å². The number of hydrogen-bond acceptors (Lipinski definition) is 8. The van der Waals surface area contributed by atoms with E-state index in [4.69, 9.17) is 4.52 Å². The van der Waals surface area contributed by atoms with Gasteiger partial charge in [-0.05, 0) is 12.1 Å². The fourth-order valence-electron chi connectivity index (χ4n) is 3.42. The Bertz CT molecular complexity index is 1470. The minimum Gasteiger partial charge on any atom is -0.364 e. The summed E-state index contributed by atoms with van der Waals surface area (Å²) in [5, 5.41) is 8.27. The molecule has 1 amide bonds. The number of aromatic nitrogens is 5. The molecule has 33 heavy (non-hydrogen) atoms. The van der Waals surface area contributed by atoms with Crippen molar-refractivity contribution < 1.29 is 26.5 Å². The first-order chi connectivity index (χ1) is 15.8. The molecular weight excluding hydrogens is 458 g/mol. The van der Waals surface area contributed by atoms with Gasteiger partial charge in [0.05, 0.1) is 24.2 Å². The Morgan fingerprint density at radius 1 is 1.09 bits per heavy atom. The maximum absolute atomic E-state index is 14.4. The molecule has 1 fully saturated rings. The summed E-state index contributed by atoms with van der Waals surface area (Å²) in [6.07, 6.45) is 1.85. The van der Waals surface area contributed by atoms with Crippen molar-refractivity contribution in [3.8, 4) is 22.9 Å². The van der Waals surface area contributed by atoms with Crippen molar-refractivity contribution in [2.45, 2.75) is 13.0 Å². The summed E-state index contributed by atoms with van der Waals surface area (Å²) in [6.45, 7) is 0.0297. The van der Waals surface area contributed by atoms with E-state index in [1.807, 2.05) is 0 Å². The van der Waals surface area contributed by atoms with Crippen LogP contribution in [0.25, 0.3) is 22.9 Å². The standard InChI is InChI=1S/C20H14F2N6O4S/c21-13-4-2-1-3-12(13)11-27-17(15-5-7-32-26-15)9-16(25-27)19-23-10-14(22)20(24-19)28-18(29)6-8-33(28,30)31/h1-5,7,9-10H,6,8,11H2. The third kappa shape index (κ3) is 3.75. The van der Waals surface area contributed by atoms with Gasteiger partial charge in [0.1, 0.15) is 23.5 Å². The van der Waals surface area contributed by atoms with Gasteiger partial charge in [0.2, 0.25) is 15.9 Å². The fourth-order valence-corrected chi connectivity index (χ4v) is 4.83. The molecule has 5 rings (SSSR count). The molecule has 4 heterocycles. The van der Waals surface area contributed by atoms with Crippen LogP contribution in [-0.4, -0.2) is 45.0 Å². The van der Waals surface area contributed by atoms with Crippen LogP contribution in [0.1, 0.15) is 12.0 Å². The highest BCUT2D eigenvalue weighted by Gasteiger charge is 2.39. The third-order valence-corrected chi connectivity index (χ3v) is 6.64. The highest BCUT2D eigenvalue weighted by Crippen LogP contribution is 2.29. The van der Waals surface area contributed by atoms with Crippen molar-refractivity contribution >= 4 is 21.7 Å². The molecule has 0 bridgehead atoms. The Hall–Kier alpha value is -4.00. The average molecular weight is 472 g/mol. The maximum atomic E-state index is 14.4. The van der Waals surface area contributed by atoms with Crippen LogP contribution in [0, 0.1) is 11.6 Å². The summed E-state index contributed by atoms with van der Waals surface area (Å²) >= 11 is 0. The number of anilines is 1. The van der Waals surface area contributed by atoms with Crippen molar-refractivity contribution in [1.29, 1.82) is 0 Å². The summed E-state index contributed by atoms with van der Waals surface area (Å²) in [6, 6.07) is 9.26. The molecule has 1 aromatic carbocycles. The quantitative estimate of drug-likeness (QED) is 0.434. The average Bonchev–Trinajstić information content (AvgIpc) is 3.50. The first-order valence-corrected chi connectivity index (χ1v) is 11.2. The topological polar surface area (TPSA) is 124 Å². The van der Waals surface area contributed by atoms with Gasteiger partial charge in [0.15, 0.2) is 17.5 Å². The molecule has 0 saturated carbocycles. The summed E-state index contributed by atoms with van der Waals surface area (Å²) in [5.41, 5.74) is 1.31. The number of benzene rings is 1. The van der Waals surface area contributed by atoms with Gasteiger partial charge in [-0.2, -0.15) is 9.40 Å². The van der Waals surface area contributed by atoms with Crippen molar-refractivity contribution in [2.24, 2.45) is 0 Å². The van der Waals surface area contributed by atoms with E-state index in [1.54, 1.807) is 24.3 Å². The largest absolute Gasteiger partial charge is 0.364 e. The number of sulfonamides is 1. The highest BCUT2D eigenvalue weighted by atomic mass is 32.2. The first kappa shape index (κ1) is 20.9. The molecule has 1 aliphatic rings. The number of halogens is 2. The second-order valence-electron chi connectivity index (χ2n) is 7.14. The lowest BCUT2D eigenvalue weighted by atomic mass is 10.2. The van der Waals surface area contributed by atoms with E-state index in [2.05, 4.69) is 20.2 Å². The normalized spacial score (nSPS) is 15.3. The summed E-state index contributed by atoms with van der Waals surface area (Å²) in [4.78, 5) is 20.0. The molecule has 0 spiro atoms. The van der Waals surface area contributed by atoms with Gasteiger partial charge in [-0.25, -0.2) is 27.2 Å². The van der Waals surface area contributed by atoms with E-state index in [9.17, 15) is 22.0 Å². The van der Waals surface area contributed by atoms with E-state index in [1.165, 1.54) is 23.1 Å². The number of carbonyl (C=O) groups is 1. The Labute approximate surface area is 185 Å². The molecule has 0 radical (unpaired) electrons. The lowest BCUT2D eigenvalue weighted by Crippen LogP contribution is -2.31. The molecule has 1 saturated heterocycles. The zero-order chi connectivity index (χ0) is 23.2. The number of carbonyl (C=O) groups excluding carboxylic acids is 1. The van der Waals surface area contributed by atoms with Gasteiger partial charge in [0, 0.05) is 18.1 Å². The third-order valence-electron chi connectivity index (χ3n) is 4.98. The molecule has 4 aromatic rings. The van der Waals surface area contributed by atoms with Crippen molar-refractivity contribution in [3.63, 3.8) is 0 Å². The number of hydrogen-bond donors (Lipinski definition) is 0. The van der Waals surface area contributed by atoms with Gasteiger partial charge >= 0.3 is 0 Å². The number of nitrogens with zero attached hydrogens (tertiary/aromatic N) is 6. The molecule has 0 unspecified atom stereocenters. The predicted octanol–water partition coefficient (Wildman–Crippen LogP) is 2.39. The Morgan fingerprint density at radius 3 is 2.61 bits per heavy atom. The van der Waals surface area contributed by atoms with E-state index in [0.29, 0.717) is 21.3 Å². The molecule has 0 atom stereocenters. The van der Waals surface area contributed by atoms with Crippen molar-refractivity contribution in [1.82, 2.24) is 24.9 Å². The molecule has 168 valence electrons. The maximum Gasteiger partial charge on any atom is 0.243 e. The van der Waals surface area contributed by atoms with Crippen molar-refractivity contribution in [2.75, 3.05) is 10.1 Å². The first-order valence-electron chi connectivity index (χ1n) is 9.64. The SMILES string of the molecule is O=C1CCS(=O)(=O)N1c1nc(-c2cc(-c3ccon3)n(Cc3ccccc3F)n2)ncc1F. The monoisotopic (exact) mass is 472 g/mol. The molecule has 1 aliphatic heterocycles. The Kier molecular flexibility index (Phi) is 4.96. The van der Waals surface area contributed by atoms with E-state index in [-0.39, 0.29) is 24.5 Å². The Morgan fingerprint density at radius 2 is 1.91 bits per heavy atom. The lowest BCUT2D eigenvalue weighted by molar-refractivity contribution is -0.116. The van der Waals surface area contributed by atoms with Crippen LogP contribution in [0.3, 0.4) is 0 Å². The molecular formula is C20H14F2N6O4S. The van der Waals surface area contributed by atoms with E-state index >= 15 is 0 Å². The van der Waals surface area contributed by atoms with Crippen LogP contribution in [-0.2, 0) is 21.4 Å². The molecule has 13 heteroatoms. The zero-order valence-corrected chi connectivity index (χ0v) is 17.5. The smallest absolute Gasteiger partial charge is 0.243 e. The second-order valence-corrected chi connectivity index (χ2v) is 9.08. The number of rotatable bonds is 5. The zero-order valence-electron chi connectivity index (χ0n) is 16.7. The molecule has 10 nitrogen and oxygen atoms in total. The number of amides is 1. The van der Waals surface area contributed by atoms with E-state index in [0.717, 1.165) is 6.20 Å². The minimum atomic E-state index is -4.03. The van der Waals surface area contributed by atoms with E-state index < -0.39 is 39.1 Å². The predicted molar refractivity (Wildman–Crippen MR) is 110 cm³/mol. The summed E-state index contributed by atoms with van der Waals surface area (Å²) in [7, 11) is -4.03. The molecule has 0 N–H and O–H groups in total. The molecule has 3 aromatic heterocycles. The van der Waals surface area contributed by atoms with Crippen LogP contribution >= 0.6 is 0 Å². The van der Waals surface area contributed by atoms with Gasteiger partial charge in [-0.15, -0.1) is 0 Å². The highest BCUT2D eigenvalue weighted by molar-refractivity contribution is 7.94. The van der Waals surface area contributed by atoms with Crippen LogP contribution in [0.2, 0.25) is 0 Å². The lowest BCUT2D eigenvalue weighted by Gasteiger charge is -2.14. The van der Waals surface area contributed by atoms with Crippen molar-refractivity contribution in [3.05, 3.63) is 66.1 Å². The fraction of sp³-hybridized carbons (Fsp3) is 0.150. The van der Waals surface area contributed by atoms with Gasteiger partial charge < -0.3 is 4.52 Å². The van der Waals surface area contributed by atoms with Crippen LogP contribution < -0.4 is 4.31 Å². The van der Waals surface area contributed by atoms with Crippen LogP contribution in [0.15, 0.2) is 53.4 Å². The van der Waals surface area contributed by atoms with Crippen LogP contribution in [0.4, 0.5) is 14.6 Å². The Balaban J connectivity index is 1.60. The van der Waals surface area contributed by atoms with Gasteiger partial charge in [-0.1, -0.05) is 23.4 Å². The van der Waals surface area contributed by atoms with Gasteiger partial charge in [0.25, 0.3) is 0 Å². The second kappa shape index (κ2) is 7.85.